The molecule has 0 bridgehead atoms. The Bertz CT molecular complexity index is 1200. The third kappa shape index (κ3) is 6.66. The van der Waals surface area contributed by atoms with Gasteiger partial charge >= 0.3 is 0 Å². The van der Waals surface area contributed by atoms with E-state index in [1.165, 1.54) is 14.8 Å². The summed E-state index contributed by atoms with van der Waals surface area (Å²) in [7, 11) is -7.24. The van der Waals surface area contributed by atoms with Gasteiger partial charge in [-0.15, -0.1) is 11.3 Å². The number of thiazole rings is 1. The molecule has 2 aliphatic heterocycles. The summed E-state index contributed by atoms with van der Waals surface area (Å²) in [5.41, 5.74) is 6.37. The number of carbonyl (C=O) groups is 1. The molecule has 3 rings (SSSR count). The number of hydrogen-bond acceptors (Lipinski definition) is 8. The Morgan fingerprint density at radius 2 is 1.80 bits per heavy atom. The maximum Gasteiger partial charge on any atom is 0.270 e. The summed E-state index contributed by atoms with van der Waals surface area (Å²) in [6.45, 7) is 7.45. The van der Waals surface area contributed by atoms with Gasteiger partial charge in [0.1, 0.15) is 0 Å². The highest BCUT2D eigenvalue weighted by atomic mass is 32.2. The standard InChI is InChI=1S/C22H33N5O5S3/c1-4-5-6-7-17(2)18-12-19(21(28)25-8-10-26(11-9-25)34(3,29)30)16-27(15-18)35(31,32)22-24-14-20(13-23)33-22/h4-7,14,18-19H,2,8-13,15-16,23H2,1,3H3/b5-4-,7-6-/t18-,19-/m1/s1. The van der Waals surface area contributed by atoms with Crippen LogP contribution in [0.4, 0.5) is 0 Å². The first-order valence-corrected chi connectivity index (χ1v) is 15.4. The highest BCUT2D eigenvalue weighted by molar-refractivity contribution is 7.91. The van der Waals surface area contributed by atoms with Gasteiger partial charge in [0.2, 0.25) is 20.3 Å². The van der Waals surface area contributed by atoms with Gasteiger partial charge in [0.15, 0.2) is 0 Å². The minimum atomic E-state index is -3.92. The van der Waals surface area contributed by atoms with Crippen LogP contribution in [0.15, 0.2) is 47.0 Å². The molecule has 1 amide bonds. The highest BCUT2D eigenvalue weighted by Crippen LogP contribution is 2.33. The number of piperidine rings is 1. The van der Waals surface area contributed by atoms with E-state index in [4.69, 9.17) is 5.73 Å². The van der Waals surface area contributed by atoms with E-state index in [-0.39, 0.29) is 62.0 Å². The zero-order valence-corrected chi connectivity index (χ0v) is 22.5. The summed E-state index contributed by atoms with van der Waals surface area (Å²) < 4.78 is 53.1. The normalized spacial score (nSPS) is 23.3. The number of nitrogens with zero attached hydrogens (tertiary/aromatic N) is 4. The molecule has 0 aromatic carbocycles. The van der Waals surface area contributed by atoms with Crippen molar-refractivity contribution in [2.75, 3.05) is 45.5 Å². The summed E-state index contributed by atoms with van der Waals surface area (Å²) in [6.07, 6.45) is 10.5. The average Bonchev–Trinajstić information content (AvgIpc) is 3.33. The van der Waals surface area contributed by atoms with Crippen molar-refractivity contribution in [3.05, 3.63) is 47.5 Å². The van der Waals surface area contributed by atoms with Gasteiger partial charge in [0.05, 0.1) is 12.2 Å². The fraction of sp³-hybridized carbons (Fsp3) is 0.545. The van der Waals surface area contributed by atoms with E-state index < -0.39 is 26.0 Å². The molecule has 1 aromatic rings. The smallest absolute Gasteiger partial charge is 0.270 e. The van der Waals surface area contributed by atoms with Gasteiger partial charge in [-0.3, -0.25) is 4.79 Å². The minimum Gasteiger partial charge on any atom is -0.340 e. The number of amides is 1. The number of aromatic nitrogens is 1. The second-order valence-corrected chi connectivity index (χ2v) is 13.9. The molecule has 194 valence electrons. The van der Waals surface area contributed by atoms with Crippen molar-refractivity contribution in [3.63, 3.8) is 0 Å². The van der Waals surface area contributed by atoms with Crippen molar-refractivity contribution < 1.29 is 21.6 Å². The second-order valence-electron chi connectivity index (χ2n) is 8.70. The van der Waals surface area contributed by atoms with Gasteiger partial charge in [-0.05, 0) is 19.3 Å². The molecule has 2 aliphatic rings. The molecular formula is C22H33N5O5S3. The van der Waals surface area contributed by atoms with E-state index in [0.29, 0.717) is 11.3 Å². The van der Waals surface area contributed by atoms with Crippen LogP contribution in [0.3, 0.4) is 0 Å². The largest absolute Gasteiger partial charge is 0.340 e. The Labute approximate surface area is 211 Å². The van der Waals surface area contributed by atoms with Crippen LogP contribution in [0.1, 0.15) is 18.2 Å². The summed E-state index contributed by atoms with van der Waals surface area (Å²) >= 11 is 1.03. The Hall–Kier alpha value is -1.90. The topological polar surface area (TPSA) is 134 Å². The average molecular weight is 544 g/mol. The molecule has 10 nitrogen and oxygen atoms in total. The van der Waals surface area contributed by atoms with Gasteiger partial charge in [0, 0.05) is 56.9 Å². The van der Waals surface area contributed by atoms with Gasteiger partial charge < -0.3 is 10.6 Å². The molecule has 0 aliphatic carbocycles. The number of nitrogens with two attached hydrogens (primary N) is 1. The van der Waals surface area contributed by atoms with Crippen molar-refractivity contribution in [2.24, 2.45) is 17.6 Å². The number of hydrogen-bond donors (Lipinski definition) is 1. The van der Waals surface area contributed by atoms with E-state index in [1.54, 1.807) is 4.90 Å². The van der Waals surface area contributed by atoms with E-state index in [9.17, 15) is 21.6 Å². The molecule has 2 saturated heterocycles. The molecule has 35 heavy (non-hydrogen) atoms. The van der Waals surface area contributed by atoms with Crippen LogP contribution in [-0.2, 0) is 31.4 Å². The molecule has 0 radical (unpaired) electrons. The zero-order valence-electron chi connectivity index (χ0n) is 20.0. The van der Waals surface area contributed by atoms with Crippen LogP contribution in [0, 0.1) is 11.8 Å². The van der Waals surface area contributed by atoms with Gasteiger partial charge in [0.25, 0.3) is 10.0 Å². The zero-order chi connectivity index (χ0) is 25.8. The minimum absolute atomic E-state index is 0.0351. The summed E-state index contributed by atoms with van der Waals surface area (Å²) in [4.78, 5) is 19.8. The Balaban J connectivity index is 1.83. The van der Waals surface area contributed by atoms with Crippen molar-refractivity contribution >= 4 is 37.3 Å². The molecule has 2 fully saturated rings. The van der Waals surface area contributed by atoms with Crippen LogP contribution in [0.25, 0.3) is 0 Å². The first-order chi connectivity index (χ1) is 16.5. The monoisotopic (exact) mass is 543 g/mol. The second kappa shape index (κ2) is 11.4. The lowest BCUT2D eigenvalue weighted by molar-refractivity contribution is -0.138. The van der Waals surface area contributed by atoms with Gasteiger partial charge in [-0.2, -0.15) is 8.61 Å². The molecular weight excluding hydrogens is 510 g/mol. The Morgan fingerprint density at radius 3 is 2.37 bits per heavy atom. The highest BCUT2D eigenvalue weighted by Gasteiger charge is 2.41. The molecule has 2 N–H and O–H groups in total. The van der Waals surface area contributed by atoms with Gasteiger partial charge in [-0.1, -0.05) is 36.5 Å². The lowest BCUT2D eigenvalue weighted by Crippen LogP contribution is -2.54. The Kier molecular flexibility index (Phi) is 9.05. The molecule has 2 atom stereocenters. The Morgan fingerprint density at radius 1 is 1.14 bits per heavy atom. The summed E-state index contributed by atoms with van der Waals surface area (Å²) in [5, 5.41) is 0. The van der Waals surface area contributed by atoms with E-state index in [2.05, 4.69) is 11.6 Å². The van der Waals surface area contributed by atoms with Gasteiger partial charge in [-0.25, -0.2) is 21.8 Å². The maximum absolute atomic E-state index is 13.4. The third-order valence-electron chi connectivity index (χ3n) is 6.22. The van der Waals surface area contributed by atoms with E-state index in [1.807, 2.05) is 31.2 Å². The number of piperazine rings is 1. The van der Waals surface area contributed by atoms with Crippen molar-refractivity contribution in [1.82, 2.24) is 18.5 Å². The van der Waals surface area contributed by atoms with Crippen molar-refractivity contribution in [3.8, 4) is 0 Å². The molecule has 0 spiro atoms. The molecule has 0 unspecified atom stereocenters. The summed E-state index contributed by atoms with van der Waals surface area (Å²) in [5.74, 6) is -0.996. The van der Waals surface area contributed by atoms with Crippen molar-refractivity contribution in [2.45, 2.75) is 24.2 Å². The van der Waals surface area contributed by atoms with E-state index in [0.717, 1.165) is 23.2 Å². The number of rotatable bonds is 8. The fourth-order valence-corrected chi connectivity index (χ4v) is 7.80. The van der Waals surface area contributed by atoms with Crippen LogP contribution >= 0.6 is 11.3 Å². The third-order valence-corrected chi connectivity index (χ3v) is 10.7. The lowest BCUT2D eigenvalue weighted by atomic mass is 9.85. The molecule has 1 aromatic heterocycles. The number of carbonyl (C=O) groups excluding carboxylic acids is 1. The van der Waals surface area contributed by atoms with Crippen LogP contribution in [0.5, 0.6) is 0 Å². The van der Waals surface area contributed by atoms with E-state index >= 15 is 0 Å². The lowest BCUT2D eigenvalue weighted by Gasteiger charge is -2.40. The first-order valence-electron chi connectivity index (χ1n) is 11.3. The van der Waals surface area contributed by atoms with Crippen LogP contribution in [0.2, 0.25) is 0 Å². The molecule has 0 saturated carbocycles. The predicted octanol–water partition coefficient (Wildman–Crippen LogP) is 1.02. The summed E-state index contributed by atoms with van der Waals surface area (Å²) in [6, 6.07) is 0. The van der Waals surface area contributed by atoms with Crippen LogP contribution < -0.4 is 5.73 Å². The van der Waals surface area contributed by atoms with Crippen molar-refractivity contribution in [1.29, 1.82) is 0 Å². The maximum atomic E-state index is 13.4. The quantitative estimate of drug-likeness (QED) is 0.484. The van der Waals surface area contributed by atoms with Crippen LogP contribution in [-0.4, -0.2) is 86.8 Å². The first kappa shape index (κ1) is 27.7. The molecule has 13 heteroatoms. The fourth-order valence-electron chi connectivity index (χ4n) is 4.24. The predicted molar refractivity (Wildman–Crippen MR) is 136 cm³/mol. The number of allylic oxidation sites excluding steroid dienone is 4. The SMILES string of the molecule is C=C(/C=C\C=C/C)[C@@H]1C[C@@H](C(=O)N2CCN(S(C)(=O)=O)CC2)CN(S(=O)(=O)c2ncc(CN)s2)C1. The molecule has 3 heterocycles. The number of sulfonamides is 2.